The van der Waals surface area contributed by atoms with E-state index in [1.165, 1.54) is 0 Å². The van der Waals surface area contributed by atoms with E-state index >= 15 is 0 Å². The quantitative estimate of drug-likeness (QED) is 0.834. The molecular formula is C19H25N3O3. The van der Waals surface area contributed by atoms with Crippen molar-refractivity contribution in [2.75, 3.05) is 19.7 Å². The molecule has 6 nitrogen and oxygen atoms in total. The number of nitrogens with zero attached hydrogens (tertiary/aromatic N) is 3. The Hall–Kier alpha value is -2.21. The Kier molecular flexibility index (Phi) is 5.48. The van der Waals surface area contributed by atoms with Crippen LogP contribution in [0, 0.1) is 6.92 Å². The van der Waals surface area contributed by atoms with Crippen LogP contribution < -0.4 is 5.56 Å². The van der Waals surface area contributed by atoms with Gasteiger partial charge in [0, 0.05) is 26.1 Å². The molecule has 0 saturated carbocycles. The molecule has 1 saturated heterocycles. The maximum Gasteiger partial charge on any atom is 0.261 e. The minimum atomic E-state index is -0.0343. The van der Waals surface area contributed by atoms with Crippen molar-refractivity contribution in [3.63, 3.8) is 0 Å². The highest BCUT2D eigenvalue weighted by molar-refractivity contribution is 5.77. The molecule has 134 valence electrons. The number of amides is 1. The molecule has 0 unspecified atom stereocenters. The van der Waals surface area contributed by atoms with E-state index in [0.29, 0.717) is 50.3 Å². The zero-order chi connectivity index (χ0) is 17.8. The third-order valence-electron chi connectivity index (χ3n) is 4.77. The van der Waals surface area contributed by atoms with Crippen molar-refractivity contribution >= 4 is 16.8 Å². The molecule has 1 aromatic heterocycles. The maximum absolute atomic E-state index is 12.6. The van der Waals surface area contributed by atoms with Crippen LogP contribution in [-0.2, 0) is 16.1 Å². The van der Waals surface area contributed by atoms with Gasteiger partial charge in [0.15, 0.2) is 0 Å². The highest BCUT2D eigenvalue weighted by Crippen LogP contribution is 2.11. The summed E-state index contributed by atoms with van der Waals surface area (Å²) in [7, 11) is 0. The maximum atomic E-state index is 12.6. The van der Waals surface area contributed by atoms with Crippen LogP contribution in [0.15, 0.2) is 29.1 Å². The lowest BCUT2D eigenvalue weighted by molar-refractivity contribution is -0.139. The Labute approximate surface area is 147 Å². The number of carbonyl (C=O) groups excluding carboxylic acids is 1. The summed E-state index contributed by atoms with van der Waals surface area (Å²) in [6.45, 7) is 6.36. The molecular weight excluding hydrogens is 318 g/mol. The molecule has 6 heteroatoms. The number of para-hydroxylation sites is 1. The van der Waals surface area contributed by atoms with Crippen molar-refractivity contribution in [2.45, 2.75) is 45.8 Å². The van der Waals surface area contributed by atoms with Crippen LogP contribution in [0.1, 0.15) is 32.0 Å². The molecule has 3 rings (SSSR count). The van der Waals surface area contributed by atoms with Crippen LogP contribution in [0.25, 0.3) is 10.9 Å². The first-order valence-electron chi connectivity index (χ1n) is 8.95. The third-order valence-corrected chi connectivity index (χ3v) is 4.77. The number of aromatic nitrogens is 2. The molecule has 0 N–H and O–H groups in total. The van der Waals surface area contributed by atoms with E-state index in [1.54, 1.807) is 10.6 Å². The van der Waals surface area contributed by atoms with Gasteiger partial charge in [-0.25, -0.2) is 4.98 Å². The second-order valence-electron chi connectivity index (χ2n) is 6.48. The first-order chi connectivity index (χ1) is 12.1. The molecule has 2 heterocycles. The fraction of sp³-hybridized carbons (Fsp3) is 0.526. The fourth-order valence-corrected chi connectivity index (χ4v) is 3.28. The Morgan fingerprint density at radius 1 is 1.36 bits per heavy atom. The Morgan fingerprint density at radius 2 is 2.16 bits per heavy atom. The Bertz CT molecular complexity index is 815. The number of benzene rings is 1. The summed E-state index contributed by atoms with van der Waals surface area (Å²) in [5.74, 6) is 0.828. The number of morpholine rings is 1. The molecule has 0 radical (unpaired) electrons. The van der Waals surface area contributed by atoms with Crippen molar-refractivity contribution in [2.24, 2.45) is 0 Å². The monoisotopic (exact) mass is 343 g/mol. The minimum Gasteiger partial charge on any atom is -0.375 e. The SMILES string of the molecule is CC[C@@H]1CN(C(=O)CCCn2c(C)nc3ccccc3c2=O)CCO1. The van der Waals surface area contributed by atoms with Crippen molar-refractivity contribution in [3.8, 4) is 0 Å². The molecule has 2 aromatic rings. The van der Waals surface area contributed by atoms with Crippen LogP contribution in [0.5, 0.6) is 0 Å². The number of carbonyl (C=O) groups is 1. The van der Waals surface area contributed by atoms with Crippen LogP contribution >= 0.6 is 0 Å². The number of hydrogen-bond acceptors (Lipinski definition) is 4. The van der Waals surface area contributed by atoms with Crippen molar-refractivity contribution in [1.29, 1.82) is 0 Å². The number of hydrogen-bond donors (Lipinski definition) is 0. The number of aryl methyl sites for hydroxylation is 1. The lowest BCUT2D eigenvalue weighted by Gasteiger charge is -2.32. The highest BCUT2D eigenvalue weighted by Gasteiger charge is 2.22. The summed E-state index contributed by atoms with van der Waals surface area (Å²) >= 11 is 0. The van der Waals surface area contributed by atoms with E-state index in [1.807, 2.05) is 30.0 Å². The predicted octanol–water partition coefficient (Wildman–Crippen LogP) is 2.12. The topological polar surface area (TPSA) is 64.4 Å². The lowest BCUT2D eigenvalue weighted by atomic mass is 10.2. The number of rotatable bonds is 5. The first-order valence-corrected chi connectivity index (χ1v) is 8.95. The van der Waals surface area contributed by atoms with E-state index in [9.17, 15) is 9.59 Å². The van der Waals surface area contributed by atoms with Gasteiger partial charge in [0.1, 0.15) is 5.82 Å². The van der Waals surface area contributed by atoms with Gasteiger partial charge in [-0.1, -0.05) is 19.1 Å². The number of ether oxygens (including phenoxy) is 1. The molecule has 1 amide bonds. The van der Waals surface area contributed by atoms with Crippen LogP contribution in [0.2, 0.25) is 0 Å². The van der Waals surface area contributed by atoms with Crippen LogP contribution in [-0.4, -0.2) is 46.2 Å². The van der Waals surface area contributed by atoms with Crippen molar-refractivity contribution < 1.29 is 9.53 Å². The molecule has 1 aliphatic heterocycles. The fourth-order valence-electron chi connectivity index (χ4n) is 3.28. The molecule has 1 aliphatic rings. The second-order valence-corrected chi connectivity index (χ2v) is 6.48. The summed E-state index contributed by atoms with van der Waals surface area (Å²) in [6, 6.07) is 7.37. The minimum absolute atomic E-state index is 0.0343. The largest absolute Gasteiger partial charge is 0.375 e. The van der Waals surface area contributed by atoms with Gasteiger partial charge in [-0.3, -0.25) is 14.2 Å². The normalized spacial score (nSPS) is 17.8. The predicted molar refractivity (Wildman–Crippen MR) is 96.6 cm³/mol. The Balaban J connectivity index is 1.63. The van der Waals surface area contributed by atoms with Gasteiger partial charge in [-0.2, -0.15) is 0 Å². The number of fused-ring (bicyclic) bond motifs is 1. The second kappa shape index (κ2) is 7.78. The molecule has 0 spiro atoms. The smallest absolute Gasteiger partial charge is 0.261 e. The van der Waals surface area contributed by atoms with E-state index in [2.05, 4.69) is 11.9 Å². The molecule has 1 atom stereocenters. The van der Waals surface area contributed by atoms with Crippen molar-refractivity contribution in [1.82, 2.24) is 14.5 Å². The third kappa shape index (κ3) is 3.90. The van der Waals surface area contributed by atoms with Crippen LogP contribution in [0.3, 0.4) is 0 Å². The van der Waals surface area contributed by atoms with E-state index in [-0.39, 0.29) is 17.6 Å². The summed E-state index contributed by atoms with van der Waals surface area (Å²) in [4.78, 5) is 31.4. The summed E-state index contributed by atoms with van der Waals surface area (Å²) in [5.41, 5.74) is 0.684. The molecule has 0 aliphatic carbocycles. The van der Waals surface area contributed by atoms with Gasteiger partial charge >= 0.3 is 0 Å². The van der Waals surface area contributed by atoms with E-state index in [4.69, 9.17) is 4.74 Å². The Morgan fingerprint density at radius 3 is 2.96 bits per heavy atom. The zero-order valence-corrected chi connectivity index (χ0v) is 14.9. The van der Waals surface area contributed by atoms with Crippen molar-refractivity contribution in [3.05, 3.63) is 40.4 Å². The molecule has 1 aromatic carbocycles. The van der Waals surface area contributed by atoms with Gasteiger partial charge in [0.05, 0.1) is 23.6 Å². The molecule has 0 bridgehead atoms. The summed E-state index contributed by atoms with van der Waals surface area (Å²) in [6.07, 6.45) is 2.14. The molecule has 25 heavy (non-hydrogen) atoms. The average molecular weight is 343 g/mol. The lowest BCUT2D eigenvalue weighted by Crippen LogP contribution is -2.45. The summed E-state index contributed by atoms with van der Waals surface area (Å²) in [5, 5.41) is 0.624. The van der Waals surface area contributed by atoms with E-state index < -0.39 is 0 Å². The van der Waals surface area contributed by atoms with Gasteiger partial charge in [0.2, 0.25) is 5.91 Å². The van der Waals surface area contributed by atoms with E-state index in [0.717, 1.165) is 11.9 Å². The van der Waals surface area contributed by atoms with Gasteiger partial charge in [0.25, 0.3) is 5.56 Å². The molecule has 1 fully saturated rings. The van der Waals surface area contributed by atoms with Crippen LogP contribution in [0.4, 0.5) is 0 Å². The van der Waals surface area contributed by atoms with Gasteiger partial charge in [-0.15, -0.1) is 0 Å². The van der Waals surface area contributed by atoms with Gasteiger partial charge < -0.3 is 9.64 Å². The average Bonchev–Trinajstić information content (AvgIpc) is 2.64. The zero-order valence-electron chi connectivity index (χ0n) is 14.9. The van der Waals surface area contributed by atoms with Gasteiger partial charge in [-0.05, 0) is 31.9 Å². The summed E-state index contributed by atoms with van der Waals surface area (Å²) < 4.78 is 7.28. The first kappa shape index (κ1) is 17.6. The standard InChI is InChI=1S/C19H25N3O3/c1-3-15-13-21(11-12-25-15)18(23)9-6-10-22-14(2)20-17-8-5-4-7-16(17)19(22)24/h4-5,7-8,15H,3,6,9-13H2,1-2H3/t15-/m1/s1. The highest BCUT2D eigenvalue weighted by atomic mass is 16.5.